The van der Waals surface area contributed by atoms with Crippen LogP contribution >= 0.6 is 0 Å². The van der Waals surface area contributed by atoms with E-state index in [2.05, 4.69) is 6.58 Å². The van der Waals surface area contributed by atoms with Gasteiger partial charge in [0.25, 0.3) is 0 Å². The molecule has 1 aliphatic carbocycles. The third-order valence-electron chi connectivity index (χ3n) is 3.73. The Morgan fingerprint density at radius 3 is 2.44 bits per heavy atom. The molecule has 1 atom stereocenters. The van der Waals surface area contributed by atoms with Crippen LogP contribution in [0.5, 0.6) is 0 Å². The summed E-state index contributed by atoms with van der Waals surface area (Å²) in [5.74, 6) is 0. The van der Waals surface area contributed by atoms with E-state index in [1.165, 1.54) is 6.42 Å². The summed E-state index contributed by atoms with van der Waals surface area (Å²) in [7, 11) is 0. The third kappa shape index (κ3) is 4.26. The molecule has 0 aromatic carbocycles. The van der Waals surface area contributed by atoms with Crippen molar-refractivity contribution in [2.75, 3.05) is 0 Å². The first-order valence-corrected chi connectivity index (χ1v) is 6.70. The van der Waals surface area contributed by atoms with E-state index in [1.54, 1.807) is 0 Å². The highest BCUT2D eigenvalue weighted by Crippen LogP contribution is 2.32. The fourth-order valence-electron chi connectivity index (χ4n) is 2.57. The Hall–Kier alpha value is -0.340. The van der Waals surface area contributed by atoms with Gasteiger partial charge in [0, 0.05) is 0 Å². The van der Waals surface area contributed by atoms with Crippen molar-refractivity contribution in [3.8, 4) is 0 Å². The second kappa shape index (κ2) is 7.08. The minimum absolute atomic E-state index is 0.517. The summed E-state index contributed by atoms with van der Waals surface area (Å²) in [4.78, 5) is 0. The van der Waals surface area contributed by atoms with Gasteiger partial charge in [0.05, 0.1) is 11.7 Å². The van der Waals surface area contributed by atoms with Crippen molar-refractivity contribution in [1.29, 1.82) is 0 Å². The van der Waals surface area contributed by atoms with Gasteiger partial charge in [-0.05, 0) is 32.1 Å². The lowest BCUT2D eigenvalue weighted by atomic mass is 9.79. The first kappa shape index (κ1) is 13.7. The van der Waals surface area contributed by atoms with Crippen molar-refractivity contribution in [2.24, 2.45) is 0 Å². The Morgan fingerprint density at radius 1 is 1.12 bits per heavy atom. The van der Waals surface area contributed by atoms with E-state index in [-0.39, 0.29) is 0 Å². The molecular formula is C14H26O2. The van der Waals surface area contributed by atoms with E-state index in [4.69, 9.17) is 0 Å². The van der Waals surface area contributed by atoms with Gasteiger partial charge in [0.2, 0.25) is 0 Å². The van der Waals surface area contributed by atoms with Crippen LogP contribution in [0.1, 0.15) is 64.2 Å². The van der Waals surface area contributed by atoms with Crippen molar-refractivity contribution >= 4 is 0 Å². The van der Waals surface area contributed by atoms with Crippen LogP contribution in [0.4, 0.5) is 0 Å². The highest BCUT2D eigenvalue weighted by atomic mass is 16.3. The lowest BCUT2D eigenvalue weighted by molar-refractivity contribution is -0.100. The average Bonchev–Trinajstić information content (AvgIpc) is 2.29. The zero-order chi connectivity index (χ0) is 11.9. The Morgan fingerprint density at radius 2 is 1.81 bits per heavy atom. The van der Waals surface area contributed by atoms with Gasteiger partial charge in [-0.2, -0.15) is 0 Å². The van der Waals surface area contributed by atoms with Crippen molar-refractivity contribution < 1.29 is 10.2 Å². The van der Waals surface area contributed by atoms with E-state index >= 15 is 0 Å². The monoisotopic (exact) mass is 226 g/mol. The first-order chi connectivity index (χ1) is 7.69. The maximum absolute atomic E-state index is 10.3. The molecule has 2 heteroatoms. The molecule has 0 bridgehead atoms. The van der Waals surface area contributed by atoms with E-state index in [1.807, 2.05) is 6.08 Å². The van der Waals surface area contributed by atoms with Gasteiger partial charge in [0.15, 0.2) is 0 Å². The summed E-state index contributed by atoms with van der Waals surface area (Å²) in [5.41, 5.74) is -0.781. The quantitative estimate of drug-likeness (QED) is 0.517. The van der Waals surface area contributed by atoms with Gasteiger partial charge in [-0.25, -0.2) is 0 Å². The number of hydrogen-bond donors (Lipinski definition) is 2. The van der Waals surface area contributed by atoms with Gasteiger partial charge in [-0.1, -0.05) is 38.2 Å². The maximum atomic E-state index is 10.3. The zero-order valence-electron chi connectivity index (χ0n) is 10.3. The third-order valence-corrected chi connectivity index (χ3v) is 3.73. The molecule has 1 unspecified atom stereocenters. The van der Waals surface area contributed by atoms with Crippen LogP contribution < -0.4 is 0 Å². The lowest BCUT2D eigenvalue weighted by Crippen LogP contribution is -2.43. The van der Waals surface area contributed by atoms with Gasteiger partial charge in [-0.3, -0.25) is 0 Å². The number of hydrogen-bond acceptors (Lipinski definition) is 2. The molecule has 1 saturated carbocycles. The molecule has 0 aliphatic heterocycles. The Labute approximate surface area is 99.4 Å². The molecule has 0 radical (unpaired) electrons. The largest absolute Gasteiger partial charge is 0.390 e. The van der Waals surface area contributed by atoms with E-state index in [0.717, 1.165) is 57.8 Å². The molecule has 1 aliphatic rings. The van der Waals surface area contributed by atoms with Crippen LogP contribution in [0.2, 0.25) is 0 Å². The van der Waals surface area contributed by atoms with Gasteiger partial charge in [-0.15, -0.1) is 6.58 Å². The molecule has 0 aromatic heterocycles. The van der Waals surface area contributed by atoms with Crippen LogP contribution in [0, 0.1) is 0 Å². The smallest absolute Gasteiger partial charge is 0.0905 e. The van der Waals surface area contributed by atoms with Crippen molar-refractivity contribution in [2.45, 2.75) is 75.9 Å². The second-order valence-electron chi connectivity index (χ2n) is 5.11. The minimum atomic E-state index is -0.781. The van der Waals surface area contributed by atoms with Crippen LogP contribution in [0.3, 0.4) is 0 Å². The highest BCUT2D eigenvalue weighted by molar-refractivity contribution is 4.88. The minimum Gasteiger partial charge on any atom is -0.390 e. The van der Waals surface area contributed by atoms with E-state index < -0.39 is 11.7 Å². The average molecular weight is 226 g/mol. The van der Waals surface area contributed by atoms with Gasteiger partial charge < -0.3 is 10.2 Å². The molecule has 0 spiro atoms. The Balaban J connectivity index is 2.17. The Bertz CT molecular complexity index is 195. The summed E-state index contributed by atoms with van der Waals surface area (Å²) >= 11 is 0. The summed E-state index contributed by atoms with van der Waals surface area (Å²) in [6.45, 7) is 3.69. The normalized spacial score (nSPS) is 21.6. The zero-order valence-corrected chi connectivity index (χ0v) is 10.3. The van der Waals surface area contributed by atoms with Crippen LogP contribution in [-0.4, -0.2) is 21.9 Å². The lowest BCUT2D eigenvalue weighted by Gasteiger charge is -2.36. The maximum Gasteiger partial charge on any atom is 0.0905 e. The number of rotatable bonds is 7. The summed E-state index contributed by atoms with van der Waals surface area (Å²) in [5, 5.41) is 20.3. The molecule has 16 heavy (non-hydrogen) atoms. The van der Waals surface area contributed by atoms with Gasteiger partial charge >= 0.3 is 0 Å². The van der Waals surface area contributed by atoms with Crippen molar-refractivity contribution in [3.05, 3.63) is 12.7 Å². The molecule has 2 N–H and O–H groups in total. The predicted octanol–water partition coefficient (Wildman–Crippen LogP) is 3.18. The highest BCUT2D eigenvalue weighted by Gasteiger charge is 2.35. The summed E-state index contributed by atoms with van der Waals surface area (Å²) in [6, 6.07) is 0. The van der Waals surface area contributed by atoms with Gasteiger partial charge in [0.1, 0.15) is 0 Å². The van der Waals surface area contributed by atoms with E-state index in [9.17, 15) is 10.2 Å². The van der Waals surface area contributed by atoms with E-state index in [0.29, 0.717) is 0 Å². The summed E-state index contributed by atoms with van der Waals surface area (Å²) in [6.07, 6.45) is 11.4. The fraction of sp³-hybridized carbons (Fsp3) is 0.857. The number of aliphatic hydroxyl groups excluding tert-OH is 1. The van der Waals surface area contributed by atoms with Crippen LogP contribution in [0.25, 0.3) is 0 Å². The molecule has 0 saturated heterocycles. The number of unbranched alkanes of at least 4 members (excludes halogenated alkanes) is 3. The van der Waals surface area contributed by atoms with Crippen LogP contribution in [-0.2, 0) is 0 Å². The topological polar surface area (TPSA) is 40.5 Å². The summed E-state index contributed by atoms with van der Waals surface area (Å²) < 4.78 is 0. The Kier molecular flexibility index (Phi) is 6.07. The molecule has 94 valence electrons. The fourth-order valence-corrected chi connectivity index (χ4v) is 2.57. The molecule has 0 aromatic rings. The SMILES string of the molecule is C=CCCCCCC(O)C1(O)CCCCC1. The predicted molar refractivity (Wildman–Crippen MR) is 67.3 cm³/mol. The van der Waals surface area contributed by atoms with Crippen molar-refractivity contribution in [3.63, 3.8) is 0 Å². The number of aliphatic hydroxyl groups is 2. The number of allylic oxidation sites excluding steroid dienone is 1. The molecular weight excluding hydrogens is 200 g/mol. The standard InChI is InChI=1S/C14H26O2/c1-2-3-4-5-7-10-13(15)14(16)11-8-6-9-12-14/h2,13,15-16H,1,3-12H2. The molecule has 1 fully saturated rings. The molecule has 1 rings (SSSR count). The molecule has 0 amide bonds. The van der Waals surface area contributed by atoms with Crippen LogP contribution in [0.15, 0.2) is 12.7 Å². The first-order valence-electron chi connectivity index (χ1n) is 6.70. The molecule has 0 heterocycles. The second-order valence-corrected chi connectivity index (χ2v) is 5.11. The van der Waals surface area contributed by atoms with Crippen molar-refractivity contribution in [1.82, 2.24) is 0 Å². The molecule has 2 nitrogen and oxygen atoms in total.